The molecular formula is C16H24N6O3S. The predicted octanol–water partition coefficient (Wildman–Crippen LogP) is 0.984. The molecule has 142 valence electrons. The van der Waals surface area contributed by atoms with Gasteiger partial charge in [-0.15, -0.1) is 0 Å². The molecule has 1 N–H and O–H groups in total. The summed E-state index contributed by atoms with van der Waals surface area (Å²) in [5.41, 5.74) is 0.479. The second-order valence-corrected chi connectivity index (χ2v) is 8.41. The predicted molar refractivity (Wildman–Crippen MR) is 96.0 cm³/mol. The van der Waals surface area contributed by atoms with E-state index in [0.717, 1.165) is 0 Å². The van der Waals surface area contributed by atoms with E-state index in [1.54, 1.807) is 41.8 Å². The third-order valence-corrected chi connectivity index (χ3v) is 6.53. The van der Waals surface area contributed by atoms with Gasteiger partial charge in [0, 0.05) is 45.1 Å². The maximum atomic E-state index is 13.0. The quantitative estimate of drug-likeness (QED) is 0.833. The van der Waals surface area contributed by atoms with E-state index in [1.807, 2.05) is 6.92 Å². The molecule has 1 atom stereocenters. The number of aromatic nitrogens is 4. The number of nitrogens with zero attached hydrogens (tertiary/aromatic N) is 5. The SMILES string of the molecule is CCn1cc(S(=O)(=O)N2CCC[C@@H](C(=O)Nc3ccn(C)n3)C2)c(C)n1. The van der Waals surface area contributed by atoms with Crippen molar-refractivity contribution in [3.63, 3.8) is 0 Å². The standard InChI is InChI=1S/C16H24N6O3S/c1-4-21-11-14(12(2)18-21)26(24,25)22-8-5-6-13(10-22)16(23)17-15-7-9-20(3)19-15/h7,9,11,13H,4-6,8,10H2,1-3H3,(H,17,19,23)/t13-/m1/s1. The van der Waals surface area contributed by atoms with Crippen molar-refractivity contribution in [3.05, 3.63) is 24.2 Å². The molecule has 2 aromatic heterocycles. The molecule has 2 aromatic rings. The maximum Gasteiger partial charge on any atom is 0.246 e. The van der Waals surface area contributed by atoms with Crippen LogP contribution in [0.25, 0.3) is 0 Å². The van der Waals surface area contributed by atoms with E-state index >= 15 is 0 Å². The largest absolute Gasteiger partial charge is 0.309 e. The van der Waals surface area contributed by atoms with Crippen molar-refractivity contribution in [1.82, 2.24) is 23.9 Å². The summed E-state index contributed by atoms with van der Waals surface area (Å²) in [6, 6.07) is 1.71. The molecule has 1 saturated heterocycles. The molecule has 0 saturated carbocycles. The van der Waals surface area contributed by atoms with Crippen molar-refractivity contribution in [3.8, 4) is 0 Å². The van der Waals surface area contributed by atoms with Crippen LogP contribution in [0.5, 0.6) is 0 Å². The number of carbonyl (C=O) groups excluding carboxylic acids is 1. The van der Waals surface area contributed by atoms with Crippen molar-refractivity contribution in [2.75, 3.05) is 18.4 Å². The normalized spacial score (nSPS) is 18.8. The molecule has 1 amide bonds. The van der Waals surface area contributed by atoms with Crippen LogP contribution in [0.2, 0.25) is 0 Å². The number of rotatable bonds is 5. The number of hydrogen-bond acceptors (Lipinski definition) is 5. The van der Waals surface area contributed by atoms with Gasteiger partial charge in [0.2, 0.25) is 15.9 Å². The van der Waals surface area contributed by atoms with Crippen LogP contribution in [0.3, 0.4) is 0 Å². The smallest absolute Gasteiger partial charge is 0.246 e. The Kier molecular flexibility index (Phi) is 5.15. The lowest BCUT2D eigenvalue weighted by Crippen LogP contribution is -2.43. The molecule has 9 nitrogen and oxygen atoms in total. The summed E-state index contributed by atoms with van der Waals surface area (Å²) in [7, 11) is -1.90. The zero-order valence-electron chi connectivity index (χ0n) is 15.2. The molecule has 0 aromatic carbocycles. The van der Waals surface area contributed by atoms with Crippen LogP contribution in [-0.2, 0) is 28.4 Å². The number of sulfonamides is 1. The van der Waals surface area contributed by atoms with E-state index < -0.39 is 15.9 Å². The highest BCUT2D eigenvalue weighted by Crippen LogP contribution is 2.26. The van der Waals surface area contributed by atoms with Gasteiger partial charge in [0.15, 0.2) is 5.82 Å². The third-order valence-electron chi connectivity index (χ3n) is 4.56. The molecular weight excluding hydrogens is 356 g/mol. The Balaban J connectivity index is 1.74. The van der Waals surface area contributed by atoms with Crippen LogP contribution in [0, 0.1) is 12.8 Å². The molecule has 0 radical (unpaired) electrons. The highest BCUT2D eigenvalue weighted by Gasteiger charge is 2.35. The average molecular weight is 380 g/mol. The first-order chi connectivity index (χ1) is 12.3. The van der Waals surface area contributed by atoms with Gasteiger partial charge in [0.1, 0.15) is 4.90 Å². The van der Waals surface area contributed by atoms with E-state index in [1.165, 1.54) is 4.31 Å². The summed E-state index contributed by atoms with van der Waals surface area (Å²) in [4.78, 5) is 12.7. The summed E-state index contributed by atoms with van der Waals surface area (Å²) in [6.45, 7) is 4.77. The number of carbonyl (C=O) groups is 1. The van der Waals surface area contributed by atoms with E-state index in [-0.39, 0.29) is 17.3 Å². The zero-order chi connectivity index (χ0) is 18.9. The van der Waals surface area contributed by atoms with Gasteiger partial charge in [-0.2, -0.15) is 14.5 Å². The van der Waals surface area contributed by atoms with Crippen molar-refractivity contribution in [2.45, 2.75) is 38.1 Å². The molecule has 3 heterocycles. The molecule has 0 unspecified atom stereocenters. The first-order valence-corrected chi connectivity index (χ1v) is 10.1. The second kappa shape index (κ2) is 7.20. The summed E-state index contributed by atoms with van der Waals surface area (Å²) in [5.74, 6) is -0.135. The molecule has 0 bridgehead atoms. The van der Waals surface area contributed by atoms with Crippen molar-refractivity contribution in [2.24, 2.45) is 13.0 Å². The van der Waals surface area contributed by atoms with Gasteiger partial charge in [-0.1, -0.05) is 0 Å². The van der Waals surface area contributed by atoms with Crippen LogP contribution in [0.15, 0.2) is 23.4 Å². The minimum absolute atomic E-state index is 0.164. The lowest BCUT2D eigenvalue weighted by molar-refractivity contribution is -0.120. The van der Waals surface area contributed by atoms with E-state index in [9.17, 15) is 13.2 Å². The Morgan fingerprint density at radius 2 is 2.15 bits per heavy atom. The van der Waals surface area contributed by atoms with Crippen LogP contribution in [-0.4, -0.2) is 51.3 Å². The molecule has 0 aliphatic carbocycles. The van der Waals surface area contributed by atoms with Crippen molar-refractivity contribution in [1.29, 1.82) is 0 Å². The van der Waals surface area contributed by atoms with Gasteiger partial charge >= 0.3 is 0 Å². The van der Waals surface area contributed by atoms with Crippen LogP contribution >= 0.6 is 0 Å². The molecule has 10 heteroatoms. The van der Waals surface area contributed by atoms with Crippen LogP contribution in [0.4, 0.5) is 5.82 Å². The average Bonchev–Trinajstić information content (AvgIpc) is 3.20. The fourth-order valence-corrected chi connectivity index (χ4v) is 4.83. The van der Waals surface area contributed by atoms with Crippen molar-refractivity contribution < 1.29 is 13.2 Å². The molecule has 26 heavy (non-hydrogen) atoms. The number of piperidine rings is 1. The zero-order valence-corrected chi connectivity index (χ0v) is 16.0. The molecule has 1 aliphatic heterocycles. The summed E-state index contributed by atoms with van der Waals surface area (Å²) < 4.78 is 30.6. The molecule has 3 rings (SSSR count). The minimum Gasteiger partial charge on any atom is -0.309 e. The highest BCUT2D eigenvalue weighted by molar-refractivity contribution is 7.89. The summed E-state index contributed by atoms with van der Waals surface area (Å²) in [5, 5.41) is 11.1. The van der Waals surface area contributed by atoms with Gasteiger partial charge in [0.05, 0.1) is 11.6 Å². The minimum atomic E-state index is -3.67. The number of amides is 1. The second-order valence-electron chi connectivity index (χ2n) is 6.50. The Hall–Kier alpha value is -2.20. The third kappa shape index (κ3) is 3.65. The van der Waals surface area contributed by atoms with Gasteiger partial charge in [-0.3, -0.25) is 14.2 Å². The first-order valence-electron chi connectivity index (χ1n) is 8.66. The summed E-state index contributed by atoms with van der Waals surface area (Å²) in [6.07, 6.45) is 4.59. The number of hydrogen-bond donors (Lipinski definition) is 1. The number of anilines is 1. The summed E-state index contributed by atoms with van der Waals surface area (Å²) >= 11 is 0. The van der Waals surface area contributed by atoms with Crippen LogP contribution < -0.4 is 5.32 Å². The highest BCUT2D eigenvalue weighted by atomic mass is 32.2. The van der Waals surface area contributed by atoms with Gasteiger partial charge < -0.3 is 5.32 Å². The van der Waals surface area contributed by atoms with E-state index in [4.69, 9.17) is 0 Å². The van der Waals surface area contributed by atoms with E-state index in [2.05, 4.69) is 15.5 Å². The topological polar surface area (TPSA) is 102 Å². The Labute approximate surface area is 153 Å². The Morgan fingerprint density at radius 3 is 2.77 bits per heavy atom. The fraction of sp³-hybridized carbons (Fsp3) is 0.562. The van der Waals surface area contributed by atoms with Crippen molar-refractivity contribution >= 4 is 21.7 Å². The van der Waals surface area contributed by atoms with Gasteiger partial charge in [-0.25, -0.2) is 8.42 Å². The Morgan fingerprint density at radius 1 is 1.38 bits per heavy atom. The maximum absolute atomic E-state index is 13.0. The molecule has 1 fully saturated rings. The molecule has 0 spiro atoms. The number of aryl methyl sites for hydroxylation is 3. The molecule has 1 aliphatic rings. The Bertz CT molecular complexity index is 901. The van der Waals surface area contributed by atoms with Gasteiger partial charge in [-0.05, 0) is 26.7 Å². The first kappa shape index (κ1) is 18.6. The lowest BCUT2D eigenvalue weighted by Gasteiger charge is -2.30. The van der Waals surface area contributed by atoms with E-state index in [0.29, 0.717) is 37.4 Å². The number of nitrogens with one attached hydrogen (secondary N) is 1. The monoisotopic (exact) mass is 380 g/mol. The van der Waals surface area contributed by atoms with Crippen LogP contribution in [0.1, 0.15) is 25.5 Å². The fourth-order valence-electron chi connectivity index (χ4n) is 3.14. The van der Waals surface area contributed by atoms with Gasteiger partial charge in [0.25, 0.3) is 0 Å². The lowest BCUT2D eigenvalue weighted by atomic mass is 9.99.